The minimum absolute atomic E-state index is 0.0164. The topological polar surface area (TPSA) is 84.5 Å². The zero-order valence-corrected chi connectivity index (χ0v) is 18.2. The van der Waals surface area contributed by atoms with Gasteiger partial charge in [0.05, 0.1) is 12.2 Å². The molecule has 2 aromatic rings. The minimum Gasteiger partial charge on any atom is -0.360 e. The lowest BCUT2D eigenvalue weighted by Crippen LogP contribution is -2.50. The molecule has 0 saturated carbocycles. The van der Waals surface area contributed by atoms with Gasteiger partial charge in [0, 0.05) is 56.2 Å². The molecule has 0 aromatic carbocycles. The summed E-state index contributed by atoms with van der Waals surface area (Å²) >= 11 is 0. The first-order valence-corrected chi connectivity index (χ1v) is 10.9. The third-order valence-corrected chi connectivity index (χ3v) is 6.08. The van der Waals surface area contributed by atoms with Crippen molar-refractivity contribution in [3.05, 3.63) is 45.2 Å². The third kappa shape index (κ3) is 4.33. The highest BCUT2D eigenvalue weighted by atomic mass is 16.5. The van der Waals surface area contributed by atoms with E-state index in [9.17, 15) is 9.59 Å². The summed E-state index contributed by atoms with van der Waals surface area (Å²) in [5, 5.41) is 8.62. The molecule has 3 heterocycles. The summed E-state index contributed by atoms with van der Waals surface area (Å²) in [5.41, 5.74) is 2.26. The number of rotatable bonds is 4. The second kappa shape index (κ2) is 8.34. The van der Waals surface area contributed by atoms with Gasteiger partial charge in [-0.2, -0.15) is 5.10 Å². The van der Waals surface area contributed by atoms with Gasteiger partial charge in [-0.1, -0.05) is 25.9 Å². The Hall–Kier alpha value is -2.48. The van der Waals surface area contributed by atoms with Gasteiger partial charge in [0.2, 0.25) is 0 Å². The van der Waals surface area contributed by atoms with Crippen molar-refractivity contribution >= 4 is 5.91 Å². The van der Waals surface area contributed by atoms with Crippen LogP contribution in [0.1, 0.15) is 61.1 Å². The van der Waals surface area contributed by atoms with Crippen LogP contribution in [0.2, 0.25) is 0 Å². The van der Waals surface area contributed by atoms with Gasteiger partial charge in [-0.25, -0.2) is 4.68 Å². The highest BCUT2D eigenvalue weighted by molar-refractivity contribution is 5.94. The van der Waals surface area contributed by atoms with Crippen molar-refractivity contribution in [1.29, 1.82) is 0 Å². The maximum atomic E-state index is 12.9. The van der Waals surface area contributed by atoms with Crippen LogP contribution in [0.3, 0.4) is 0 Å². The number of carbonyl (C=O) groups excluding carboxylic acids is 1. The summed E-state index contributed by atoms with van der Waals surface area (Å²) in [6.07, 6.45) is 3.96. The zero-order chi connectivity index (χ0) is 21.3. The van der Waals surface area contributed by atoms with Gasteiger partial charge in [-0.3, -0.25) is 14.5 Å². The second-order valence-corrected chi connectivity index (χ2v) is 9.30. The molecule has 30 heavy (non-hydrogen) atoms. The number of hydrogen-bond donors (Lipinski definition) is 0. The summed E-state index contributed by atoms with van der Waals surface area (Å²) < 4.78 is 6.96. The maximum Gasteiger partial charge on any atom is 0.276 e. The first-order chi connectivity index (χ1) is 14.3. The van der Waals surface area contributed by atoms with Gasteiger partial charge in [0.1, 0.15) is 5.76 Å². The molecular formula is C22H31N5O3. The fraction of sp³-hybridized carbons (Fsp3) is 0.636. The summed E-state index contributed by atoms with van der Waals surface area (Å²) in [6.45, 7) is 10.4. The van der Waals surface area contributed by atoms with Crippen LogP contribution in [0, 0.1) is 0 Å². The van der Waals surface area contributed by atoms with Crippen molar-refractivity contribution in [2.24, 2.45) is 0 Å². The summed E-state index contributed by atoms with van der Waals surface area (Å²) in [7, 11) is 0. The largest absolute Gasteiger partial charge is 0.360 e. The molecule has 162 valence electrons. The number of amides is 1. The van der Waals surface area contributed by atoms with Crippen molar-refractivity contribution < 1.29 is 9.32 Å². The standard InChI is InChI=1S/C22H31N5O3/c1-22(2,3)18-8-9-19(28)27(23-18)15-12-25-10-13-26(14-11-25)21(29)20-16-6-4-5-7-17(16)30-24-20/h8-9H,4-7,10-15H2,1-3H3. The molecular weight excluding hydrogens is 382 g/mol. The lowest BCUT2D eigenvalue weighted by molar-refractivity contribution is 0.0620. The van der Waals surface area contributed by atoms with Crippen LogP contribution in [0.4, 0.5) is 0 Å². The highest BCUT2D eigenvalue weighted by Crippen LogP contribution is 2.25. The van der Waals surface area contributed by atoms with Gasteiger partial charge >= 0.3 is 0 Å². The number of hydrogen-bond acceptors (Lipinski definition) is 6. The van der Waals surface area contributed by atoms with Crippen molar-refractivity contribution in [2.75, 3.05) is 32.7 Å². The number of piperazine rings is 1. The second-order valence-electron chi connectivity index (χ2n) is 9.30. The van der Waals surface area contributed by atoms with E-state index in [2.05, 4.69) is 35.9 Å². The van der Waals surface area contributed by atoms with Crippen molar-refractivity contribution in [1.82, 2.24) is 24.7 Å². The van der Waals surface area contributed by atoms with Gasteiger partial charge < -0.3 is 9.42 Å². The van der Waals surface area contributed by atoms with E-state index in [4.69, 9.17) is 4.52 Å². The zero-order valence-electron chi connectivity index (χ0n) is 18.2. The monoisotopic (exact) mass is 413 g/mol. The van der Waals surface area contributed by atoms with Gasteiger partial charge in [0.25, 0.3) is 11.5 Å². The fourth-order valence-corrected chi connectivity index (χ4v) is 4.12. The Morgan fingerprint density at radius 2 is 1.80 bits per heavy atom. The first kappa shape index (κ1) is 20.8. The molecule has 8 nitrogen and oxygen atoms in total. The molecule has 1 amide bonds. The molecule has 1 saturated heterocycles. The SMILES string of the molecule is CC(C)(C)c1ccc(=O)n(CCN2CCN(C(=O)c3noc4c3CCCC4)CC2)n1. The number of fused-ring (bicyclic) bond motifs is 1. The van der Waals surface area contributed by atoms with Crippen LogP contribution < -0.4 is 5.56 Å². The quantitative estimate of drug-likeness (QED) is 0.761. The van der Waals surface area contributed by atoms with E-state index < -0.39 is 0 Å². The van der Waals surface area contributed by atoms with Gasteiger partial charge in [-0.15, -0.1) is 0 Å². The molecule has 1 aliphatic heterocycles. The molecule has 0 spiro atoms. The number of aryl methyl sites for hydroxylation is 1. The summed E-state index contributed by atoms with van der Waals surface area (Å²) in [5.74, 6) is 0.871. The van der Waals surface area contributed by atoms with E-state index in [1.165, 1.54) is 0 Å². The molecule has 2 aliphatic rings. The number of aromatic nitrogens is 3. The van der Waals surface area contributed by atoms with E-state index in [1.54, 1.807) is 10.7 Å². The van der Waals surface area contributed by atoms with Crippen LogP contribution >= 0.6 is 0 Å². The van der Waals surface area contributed by atoms with E-state index in [-0.39, 0.29) is 16.9 Å². The van der Waals surface area contributed by atoms with Crippen molar-refractivity contribution in [2.45, 2.75) is 58.4 Å². The summed E-state index contributed by atoms with van der Waals surface area (Å²) in [6, 6.07) is 3.41. The first-order valence-electron chi connectivity index (χ1n) is 10.9. The fourth-order valence-electron chi connectivity index (χ4n) is 4.12. The Labute approximate surface area is 176 Å². The van der Waals surface area contributed by atoms with E-state index in [0.29, 0.717) is 25.3 Å². The smallest absolute Gasteiger partial charge is 0.276 e. The van der Waals surface area contributed by atoms with Crippen LogP contribution in [0.25, 0.3) is 0 Å². The number of carbonyl (C=O) groups is 1. The van der Waals surface area contributed by atoms with E-state index in [0.717, 1.165) is 62.3 Å². The van der Waals surface area contributed by atoms with Crippen LogP contribution in [0.5, 0.6) is 0 Å². The van der Waals surface area contributed by atoms with Crippen LogP contribution in [-0.2, 0) is 24.8 Å². The molecule has 4 rings (SSSR count). The molecule has 0 atom stereocenters. The normalized spacial score (nSPS) is 17.8. The average molecular weight is 414 g/mol. The molecule has 0 bridgehead atoms. The van der Waals surface area contributed by atoms with Gasteiger partial charge in [0.15, 0.2) is 5.69 Å². The Morgan fingerprint density at radius 1 is 1.07 bits per heavy atom. The molecule has 2 aromatic heterocycles. The van der Waals surface area contributed by atoms with Crippen molar-refractivity contribution in [3.63, 3.8) is 0 Å². The highest BCUT2D eigenvalue weighted by Gasteiger charge is 2.29. The number of nitrogens with zero attached hydrogens (tertiary/aromatic N) is 5. The Kier molecular flexibility index (Phi) is 5.77. The predicted octanol–water partition coefficient (Wildman–Crippen LogP) is 1.87. The lowest BCUT2D eigenvalue weighted by atomic mass is 9.92. The van der Waals surface area contributed by atoms with Crippen LogP contribution in [0.15, 0.2) is 21.5 Å². The molecule has 1 aliphatic carbocycles. The van der Waals surface area contributed by atoms with Crippen molar-refractivity contribution in [3.8, 4) is 0 Å². The third-order valence-electron chi connectivity index (χ3n) is 6.08. The molecule has 1 fully saturated rings. The lowest BCUT2D eigenvalue weighted by Gasteiger charge is -2.34. The Morgan fingerprint density at radius 3 is 2.53 bits per heavy atom. The Balaban J connectivity index is 1.33. The predicted molar refractivity (Wildman–Crippen MR) is 113 cm³/mol. The Bertz CT molecular complexity index is 964. The van der Waals surface area contributed by atoms with E-state index in [1.807, 2.05) is 11.0 Å². The maximum absolute atomic E-state index is 12.9. The van der Waals surface area contributed by atoms with Crippen LogP contribution in [-0.4, -0.2) is 63.4 Å². The van der Waals surface area contributed by atoms with E-state index >= 15 is 0 Å². The van der Waals surface area contributed by atoms with Gasteiger partial charge in [-0.05, 0) is 25.3 Å². The molecule has 8 heteroatoms. The molecule has 0 N–H and O–H groups in total. The average Bonchev–Trinajstić information content (AvgIpc) is 3.16. The minimum atomic E-state index is -0.0955. The summed E-state index contributed by atoms with van der Waals surface area (Å²) in [4.78, 5) is 29.2. The molecule has 0 unspecified atom stereocenters. The molecule has 0 radical (unpaired) electrons.